The molecule has 0 aromatic heterocycles. The highest BCUT2D eigenvalue weighted by molar-refractivity contribution is 6.30. The fourth-order valence-electron chi connectivity index (χ4n) is 5.85. The number of hydrogen-bond acceptors (Lipinski definition) is 9. The van der Waals surface area contributed by atoms with E-state index in [1.54, 1.807) is 43.3 Å². The third-order valence-corrected chi connectivity index (χ3v) is 8.50. The van der Waals surface area contributed by atoms with Gasteiger partial charge in [-0.25, -0.2) is 9.18 Å². The molecule has 0 fully saturated rings. The highest BCUT2D eigenvalue weighted by Gasteiger charge is 2.35. The molecule has 14 heteroatoms. The number of anilines is 3. The number of ether oxygens (including phenoxy) is 2. The van der Waals surface area contributed by atoms with Crippen LogP contribution in [-0.2, 0) is 23.9 Å². The molecule has 0 saturated heterocycles. The predicted molar refractivity (Wildman–Crippen MR) is 173 cm³/mol. The Morgan fingerprint density at radius 2 is 2.00 bits per heavy atom. The quantitative estimate of drug-likeness (QED) is 0.217. The Labute approximate surface area is 272 Å². The summed E-state index contributed by atoms with van der Waals surface area (Å²) < 4.78 is 24.9. The van der Waals surface area contributed by atoms with Crippen LogP contribution in [0.2, 0.25) is 5.02 Å². The molecule has 0 radical (unpaired) electrons. The third-order valence-electron chi connectivity index (χ3n) is 8.21. The summed E-state index contributed by atoms with van der Waals surface area (Å²) in [4.78, 5) is 51.4. The zero-order chi connectivity index (χ0) is 33.4. The largest absolute Gasteiger partial charge is 0.460 e. The highest BCUT2D eigenvalue weighted by Crippen LogP contribution is 2.36. The fraction of sp³-hybridized carbons (Fsp3) is 0.438. The van der Waals surface area contributed by atoms with Gasteiger partial charge in [-0.15, -0.1) is 0 Å². The van der Waals surface area contributed by atoms with Gasteiger partial charge in [0, 0.05) is 49.7 Å². The molecule has 2 aromatic carbocycles. The first-order valence-electron chi connectivity index (χ1n) is 15.1. The van der Waals surface area contributed by atoms with Crippen molar-refractivity contribution in [2.45, 2.75) is 57.7 Å². The molecule has 3 atom stereocenters. The second-order valence-electron chi connectivity index (χ2n) is 11.2. The van der Waals surface area contributed by atoms with E-state index in [1.165, 1.54) is 13.2 Å². The molecule has 2 aromatic rings. The molecule has 4 rings (SSSR count). The van der Waals surface area contributed by atoms with Gasteiger partial charge in [0.15, 0.2) is 5.82 Å². The van der Waals surface area contributed by atoms with Crippen LogP contribution >= 0.6 is 11.6 Å². The predicted octanol–water partition coefficient (Wildman–Crippen LogP) is 5.19. The van der Waals surface area contributed by atoms with Gasteiger partial charge >= 0.3 is 6.09 Å². The molecule has 46 heavy (non-hydrogen) atoms. The number of amides is 3. The molecule has 0 spiro atoms. The van der Waals surface area contributed by atoms with Crippen molar-refractivity contribution in [1.82, 2.24) is 15.5 Å². The second-order valence-corrected chi connectivity index (χ2v) is 11.6. The minimum absolute atomic E-state index is 0.0819. The molecule has 2 bridgehead atoms. The van der Waals surface area contributed by atoms with Crippen LogP contribution in [0, 0.1) is 11.7 Å². The Hall–Kier alpha value is -4.52. The van der Waals surface area contributed by atoms with Gasteiger partial charge in [0.2, 0.25) is 11.8 Å². The summed E-state index contributed by atoms with van der Waals surface area (Å²) >= 11 is 6.02. The first-order valence-corrected chi connectivity index (χ1v) is 15.5. The number of benzene rings is 2. The molecular formula is C32H40ClFN6O6. The van der Waals surface area contributed by atoms with E-state index in [0.29, 0.717) is 54.9 Å². The summed E-state index contributed by atoms with van der Waals surface area (Å²) in [6, 6.07) is 8.20. The van der Waals surface area contributed by atoms with E-state index in [9.17, 15) is 23.6 Å². The summed E-state index contributed by atoms with van der Waals surface area (Å²) in [6.45, 7) is 2.50. The van der Waals surface area contributed by atoms with E-state index < -0.39 is 30.1 Å². The zero-order valence-electron chi connectivity index (χ0n) is 26.3. The standard InChI is InChI=1S/C32H40ClFN6O6/c1-18-29-20-12-11-19(37-32(44)45-4)16-24(20)38-26(42)10-6-5-8-21(30(36-18)39-29)31(43)40(3)15-7-9-25(46-17-41)27-23(35-2)14-13-22(33)28(27)34/h11-14,16-17,21,25,30,35-36,39H,5-10,15H2,1-4H3,(H,37,44)(H,38,42). The maximum Gasteiger partial charge on any atom is 0.411 e. The molecular weight excluding hydrogens is 619 g/mol. The average molecular weight is 659 g/mol. The van der Waals surface area contributed by atoms with Crippen molar-refractivity contribution in [1.29, 1.82) is 0 Å². The molecule has 3 unspecified atom stereocenters. The molecule has 0 saturated carbocycles. The van der Waals surface area contributed by atoms with Crippen LogP contribution in [0.5, 0.6) is 0 Å². The Kier molecular flexibility index (Phi) is 11.7. The van der Waals surface area contributed by atoms with E-state index in [-0.39, 0.29) is 41.7 Å². The number of rotatable bonds is 10. The number of halogens is 2. The minimum atomic E-state index is -0.898. The monoisotopic (exact) mass is 658 g/mol. The Balaban J connectivity index is 1.49. The molecule has 0 aliphatic carbocycles. The van der Waals surface area contributed by atoms with Gasteiger partial charge in [-0.3, -0.25) is 19.7 Å². The molecule has 2 heterocycles. The van der Waals surface area contributed by atoms with E-state index in [0.717, 1.165) is 11.4 Å². The molecule has 248 valence electrons. The highest BCUT2D eigenvalue weighted by atomic mass is 35.5. The minimum Gasteiger partial charge on any atom is -0.460 e. The number of carbonyl (C=O) groups excluding carboxylic acids is 4. The summed E-state index contributed by atoms with van der Waals surface area (Å²) in [7, 11) is 4.61. The number of fused-ring (bicyclic) bond motifs is 4. The summed E-state index contributed by atoms with van der Waals surface area (Å²) in [5.41, 5.74) is 3.79. The average Bonchev–Trinajstić information content (AvgIpc) is 3.41. The van der Waals surface area contributed by atoms with Gasteiger partial charge < -0.3 is 35.6 Å². The zero-order valence-corrected chi connectivity index (χ0v) is 27.1. The van der Waals surface area contributed by atoms with Gasteiger partial charge in [0.25, 0.3) is 6.47 Å². The Morgan fingerprint density at radius 1 is 1.22 bits per heavy atom. The maximum absolute atomic E-state index is 15.0. The number of allylic oxidation sites excluding steroid dienone is 1. The molecule has 2 aliphatic rings. The van der Waals surface area contributed by atoms with Crippen LogP contribution in [0.1, 0.15) is 62.7 Å². The molecule has 2 aliphatic heterocycles. The lowest BCUT2D eigenvalue weighted by atomic mass is 9.95. The third kappa shape index (κ3) is 8.00. The first-order chi connectivity index (χ1) is 22.1. The van der Waals surface area contributed by atoms with Crippen LogP contribution in [0.4, 0.5) is 26.2 Å². The van der Waals surface area contributed by atoms with Crippen molar-refractivity contribution >= 4 is 58.7 Å². The van der Waals surface area contributed by atoms with E-state index >= 15 is 0 Å². The van der Waals surface area contributed by atoms with Gasteiger partial charge in [-0.1, -0.05) is 18.0 Å². The van der Waals surface area contributed by atoms with Crippen molar-refractivity contribution < 1.29 is 33.0 Å². The van der Waals surface area contributed by atoms with Crippen molar-refractivity contribution in [3.05, 3.63) is 58.0 Å². The van der Waals surface area contributed by atoms with Crippen LogP contribution in [0.25, 0.3) is 5.70 Å². The molecule has 12 nitrogen and oxygen atoms in total. The van der Waals surface area contributed by atoms with Crippen LogP contribution in [0.15, 0.2) is 36.0 Å². The lowest BCUT2D eigenvalue weighted by Gasteiger charge is -2.30. The first kappa shape index (κ1) is 34.4. The Bertz CT molecular complexity index is 1500. The van der Waals surface area contributed by atoms with Crippen molar-refractivity contribution in [3.63, 3.8) is 0 Å². The van der Waals surface area contributed by atoms with Gasteiger partial charge in [0.1, 0.15) is 12.3 Å². The van der Waals surface area contributed by atoms with E-state index in [4.69, 9.17) is 16.3 Å². The Morgan fingerprint density at radius 3 is 2.72 bits per heavy atom. The summed E-state index contributed by atoms with van der Waals surface area (Å²) in [6.07, 6.45) is 0.753. The molecule has 5 N–H and O–H groups in total. The number of carbonyl (C=O) groups is 4. The van der Waals surface area contributed by atoms with Crippen molar-refractivity contribution in [2.75, 3.05) is 43.7 Å². The van der Waals surface area contributed by atoms with Crippen LogP contribution < -0.4 is 26.6 Å². The van der Waals surface area contributed by atoms with Crippen molar-refractivity contribution in [2.24, 2.45) is 5.92 Å². The number of hydrogen-bond donors (Lipinski definition) is 5. The molecule has 3 amide bonds. The summed E-state index contributed by atoms with van der Waals surface area (Å²) in [5, 5.41) is 15.3. The van der Waals surface area contributed by atoms with Crippen LogP contribution in [0.3, 0.4) is 0 Å². The number of nitrogens with one attached hydrogen (secondary N) is 5. The topological polar surface area (TPSA) is 150 Å². The number of nitrogens with zero attached hydrogens (tertiary/aromatic N) is 1. The number of methoxy groups -OCH3 is 1. The van der Waals surface area contributed by atoms with Gasteiger partial charge in [-0.05, 0) is 62.9 Å². The maximum atomic E-state index is 15.0. The van der Waals surface area contributed by atoms with Gasteiger partial charge in [0.05, 0.1) is 35.0 Å². The van der Waals surface area contributed by atoms with Crippen molar-refractivity contribution in [3.8, 4) is 0 Å². The normalized spacial score (nSPS) is 18.3. The summed E-state index contributed by atoms with van der Waals surface area (Å²) in [5.74, 6) is -1.41. The SMILES string of the molecule is CNc1ccc(Cl)c(F)c1C(CCCN(C)C(=O)C1CCCCC(=O)Nc2cc(NC(=O)OC)ccc2C2=C(C)NC1N2)OC=O. The smallest absolute Gasteiger partial charge is 0.411 e. The lowest BCUT2D eigenvalue weighted by Crippen LogP contribution is -2.48. The second kappa shape index (κ2) is 15.7. The lowest BCUT2D eigenvalue weighted by molar-refractivity contribution is -0.137. The van der Waals surface area contributed by atoms with E-state index in [1.807, 2.05) is 6.92 Å². The van der Waals surface area contributed by atoms with Crippen LogP contribution in [-0.4, -0.2) is 63.2 Å². The van der Waals surface area contributed by atoms with E-state index in [2.05, 4.69) is 31.3 Å². The fourth-order valence-corrected chi connectivity index (χ4v) is 6.01. The van der Waals surface area contributed by atoms with Gasteiger partial charge in [-0.2, -0.15) is 0 Å².